The number of aliphatic hydroxyl groups excluding tert-OH is 1. The van der Waals surface area contributed by atoms with Gasteiger partial charge in [0.25, 0.3) is 0 Å². The van der Waals surface area contributed by atoms with Crippen molar-refractivity contribution < 1.29 is 14.6 Å². The molecule has 1 fully saturated rings. The minimum atomic E-state index is -0.272. The summed E-state index contributed by atoms with van der Waals surface area (Å²) in [5.41, 5.74) is 2.74. The lowest BCUT2D eigenvalue weighted by Crippen LogP contribution is -2.47. The molecule has 0 amide bonds. The Morgan fingerprint density at radius 1 is 1.43 bits per heavy atom. The molecule has 0 spiro atoms. The zero-order valence-electron chi connectivity index (χ0n) is 12.9. The third-order valence-electron chi connectivity index (χ3n) is 5.45. The van der Waals surface area contributed by atoms with Crippen molar-refractivity contribution in [3.63, 3.8) is 0 Å². The molecule has 4 heteroatoms. The van der Waals surface area contributed by atoms with Crippen LogP contribution in [0.4, 0.5) is 0 Å². The van der Waals surface area contributed by atoms with Gasteiger partial charge in [0.1, 0.15) is 6.10 Å². The summed E-state index contributed by atoms with van der Waals surface area (Å²) in [4.78, 5) is 2.37. The number of ether oxygens (including phenoxy) is 2. The molecule has 4 atom stereocenters. The van der Waals surface area contributed by atoms with Crippen molar-refractivity contribution >= 4 is 0 Å². The van der Waals surface area contributed by atoms with Crippen molar-refractivity contribution in [1.82, 2.24) is 4.90 Å². The molecule has 0 bridgehead atoms. The van der Waals surface area contributed by atoms with Gasteiger partial charge in [0.15, 0.2) is 11.5 Å². The van der Waals surface area contributed by atoms with E-state index in [0.29, 0.717) is 5.92 Å². The Labute approximate surface area is 125 Å². The van der Waals surface area contributed by atoms with Gasteiger partial charge in [-0.1, -0.05) is 13.0 Å². The van der Waals surface area contributed by atoms with Gasteiger partial charge in [-0.15, -0.1) is 0 Å². The van der Waals surface area contributed by atoms with E-state index in [0.717, 1.165) is 37.4 Å². The Balaban J connectivity index is 1.93. The molecule has 1 N–H and O–H groups in total. The number of methoxy groups -OCH3 is 1. The minimum absolute atomic E-state index is 0.0555. The summed E-state index contributed by atoms with van der Waals surface area (Å²) >= 11 is 0. The summed E-state index contributed by atoms with van der Waals surface area (Å²) < 4.78 is 11.8. The highest BCUT2D eigenvalue weighted by atomic mass is 16.5. The Hall–Kier alpha value is -1.26. The first-order chi connectivity index (χ1) is 10.0. The summed E-state index contributed by atoms with van der Waals surface area (Å²) in [7, 11) is 3.86. The third-order valence-corrected chi connectivity index (χ3v) is 5.45. The van der Waals surface area contributed by atoms with E-state index in [9.17, 15) is 5.11 Å². The van der Waals surface area contributed by atoms with Crippen LogP contribution >= 0.6 is 0 Å². The maximum atomic E-state index is 10.3. The van der Waals surface area contributed by atoms with Crippen LogP contribution in [-0.4, -0.2) is 42.9 Å². The molecule has 0 saturated heterocycles. The second kappa shape index (κ2) is 4.37. The van der Waals surface area contributed by atoms with Gasteiger partial charge in [-0.2, -0.15) is 0 Å². The summed E-state index contributed by atoms with van der Waals surface area (Å²) in [5, 5.41) is 10.3. The molecule has 2 heterocycles. The first-order valence-corrected chi connectivity index (χ1v) is 7.75. The van der Waals surface area contributed by atoms with Crippen LogP contribution in [0.1, 0.15) is 36.8 Å². The largest absolute Gasteiger partial charge is 0.493 e. The lowest BCUT2D eigenvalue weighted by molar-refractivity contribution is -0.0262. The van der Waals surface area contributed by atoms with Crippen LogP contribution in [0.25, 0.3) is 0 Å². The second-order valence-electron chi connectivity index (χ2n) is 7.22. The van der Waals surface area contributed by atoms with E-state index >= 15 is 0 Å². The number of hydrogen-bond acceptors (Lipinski definition) is 4. The molecule has 1 aromatic carbocycles. The number of nitrogens with zero attached hydrogens (tertiary/aromatic N) is 1. The Kier molecular flexibility index (Phi) is 2.79. The van der Waals surface area contributed by atoms with Gasteiger partial charge in [0.05, 0.1) is 13.2 Å². The summed E-state index contributed by atoms with van der Waals surface area (Å²) in [6.45, 7) is 4.23. The molecule has 114 valence electrons. The highest BCUT2D eigenvalue weighted by Crippen LogP contribution is 2.59. The fourth-order valence-electron chi connectivity index (χ4n) is 4.91. The Morgan fingerprint density at radius 3 is 3.00 bits per heavy atom. The van der Waals surface area contributed by atoms with Gasteiger partial charge in [0.2, 0.25) is 0 Å². The molecule has 21 heavy (non-hydrogen) atoms. The molecule has 1 aliphatic carbocycles. The van der Waals surface area contributed by atoms with Crippen LogP contribution in [-0.2, 0) is 6.54 Å². The van der Waals surface area contributed by atoms with Crippen LogP contribution in [0.3, 0.4) is 0 Å². The van der Waals surface area contributed by atoms with Crippen LogP contribution in [0, 0.1) is 5.41 Å². The first kappa shape index (κ1) is 13.4. The van der Waals surface area contributed by atoms with Crippen LogP contribution < -0.4 is 9.47 Å². The zero-order chi connectivity index (χ0) is 14.8. The molecule has 0 radical (unpaired) electrons. The van der Waals surface area contributed by atoms with Gasteiger partial charge in [-0.25, -0.2) is 0 Å². The Bertz CT molecular complexity index is 588. The van der Waals surface area contributed by atoms with Crippen molar-refractivity contribution in [2.45, 2.75) is 44.4 Å². The Morgan fingerprint density at radius 2 is 2.24 bits per heavy atom. The molecule has 2 aliphatic heterocycles. The third kappa shape index (κ3) is 1.82. The number of benzene rings is 1. The molecular formula is C17H23NO3. The fraction of sp³-hybridized carbons (Fsp3) is 0.647. The average Bonchev–Trinajstić information content (AvgIpc) is 2.72. The smallest absolute Gasteiger partial charge is 0.165 e. The minimum Gasteiger partial charge on any atom is -0.493 e. The number of rotatable bonds is 1. The second-order valence-corrected chi connectivity index (χ2v) is 7.22. The normalized spacial score (nSPS) is 37.6. The van der Waals surface area contributed by atoms with E-state index in [-0.39, 0.29) is 17.6 Å². The van der Waals surface area contributed by atoms with Crippen molar-refractivity contribution in [3.05, 3.63) is 23.3 Å². The van der Waals surface area contributed by atoms with E-state index in [4.69, 9.17) is 9.47 Å². The zero-order valence-corrected chi connectivity index (χ0v) is 12.9. The fourth-order valence-corrected chi connectivity index (χ4v) is 4.91. The van der Waals surface area contributed by atoms with Crippen molar-refractivity contribution in [2.24, 2.45) is 5.41 Å². The number of aliphatic hydroxyl groups is 1. The summed E-state index contributed by atoms with van der Waals surface area (Å²) in [5.74, 6) is 2.11. The quantitative estimate of drug-likeness (QED) is 0.860. The molecule has 3 aliphatic rings. The summed E-state index contributed by atoms with van der Waals surface area (Å²) in [6.07, 6.45) is 1.38. The lowest BCUT2D eigenvalue weighted by atomic mass is 9.63. The number of hydrogen-bond donors (Lipinski definition) is 1. The van der Waals surface area contributed by atoms with Gasteiger partial charge >= 0.3 is 0 Å². The van der Waals surface area contributed by atoms with Gasteiger partial charge < -0.3 is 19.5 Å². The van der Waals surface area contributed by atoms with Crippen LogP contribution in [0.15, 0.2) is 12.1 Å². The maximum absolute atomic E-state index is 10.3. The maximum Gasteiger partial charge on any atom is 0.165 e. The van der Waals surface area contributed by atoms with Gasteiger partial charge in [-0.05, 0) is 30.5 Å². The van der Waals surface area contributed by atoms with Crippen molar-refractivity contribution in [3.8, 4) is 11.5 Å². The molecule has 1 aromatic rings. The van der Waals surface area contributed by atoms with E-state index in [2.05, 4.69) is 24.9 Å². The van der Waals surface area contributed by atoms with E-state index in [1.807, 2.05) is 6.07 Å². The molecule has 2 unspecified atom stereocenters. The first-order valence-electron chi connectivity index (χ1n) is 7.75. The SMILES string of the molecule is COc1ccc2c3c1O[C@H]1C[C@@H](O)CC(C)(CN(C)C2)C31. The van der Waals surface area contributed by atoms with E-state index in [1.54, 1.807) is 7.11 Å². The molecule has 4 rings (SSSR count). The van der Waals surface area contributed by atoms with Crippen LogP contribution in [0.2, 0.25) is 0 Å². The summed E-state index contributed by atoms with van der Waals surface area (Å²) in [6, 6.07) is 4.19. The monoisotopic (exact) mass is 289 g/mol. The van der Waals surface area contributed by atoms with Gasteiger partial charge in [0, 0.05) is 31.0 Å². The van der Waals surface area contributed by atoms with Crippen LogP contribution in [0.5, 0.6) is 11.5 Å². The molecule has 4 nitrogen and oxygen atoms in total. The van der Waals surface area contributed by atoms with E-state index < -0.39 is 0 Å². The van der Waals surface area contributed by atoms with E-state index in [1.165, 1.54) is 11.1 Å². The average molecular weight is 289 g/mol. The molecule has 1 saturated carbocycles. The molecular weight excluding hydrogens is 266 g/mol. The lowest BCUT2D eigenvalue weighted by Gasteiger charge is -2.44. The van der Waals surface area contributed by atoms with Gasteiger partial charge in [-0.3, -0.25) is 0 Å². The topological polar surface area (TPSA) is 41.9 Å². The van der Waals surface area contributed by atoms with Crippen molar-refractivity contribution in [2.75, 3.05) is 20.7 Å². The molecule has 0 aromatic heterocycles. The van der Waals surface area contributed by atoms with Crippen molar-refractivity contribution in [1.29, 1.82) is 0 Å². The highest BCUT2D eigenvalue weighted by Gasteiger charge is 2.54. The predicted octanol–water partition coefficient (Wildman–Crippen LogP) is 2.15. The predicted molar refractivity (Wildman–Crippen MR) is 79.8 cm³/mol. The standard InChI is InChI=1S/C17H23NO3/c1-17-7-11(19)6-13-15(17)14-10(8-18(2)9-17)4-5-12(20-3)16(14)21-13/h4-5,11,13,15,19H,6-9H2,1-3H3/t11-,13+,15?,17?/m1/s1. The highest BCUT2D eigenvalue weighted by molar-refractivity contribution is 5.57.